The van der Waals surface area contributed by atoms with Gasteiger partial charge in [-0.1, -0.05) is 48.5 Å². The molecule has 4 heteroatoms. The van der Waals surface area contributed by atoms with E-state index in [0.29, 0.717) is 5.56 Å². The molecule has 2 aromatic carbocycles. The van der Waals surface area contributed by atoms with Gasteiger partial charge in [-0.3, -0.25) is 4.79 Å². The lowest BCUT2D eigenvalue weighted by Gasteiger charge is -2.04. The smallest absolute Gasteiger partial charge is 0.336 e. The Labute approximate surface area is 115 Å². The standard InChI is InChI=1S/C16H12O4/c17-14(10-11-6-2-1-3-7-11)15(18)12-8-4-5-9-13(12)16(19)20/h1-10,17H,(H,19,20)/b14-10+. The number of hydrogen-bond acceptors (Lipinski definition) is 3. The molecule has 100 valence electrons. The summed E-state index contributed by atoms with van der Waals surface area (Å²) in [7, 11) is 0. The van der Waals surface area contributed by atoms with Crippen LogP contribution in [0.25, 0.3) is 6.08 Å². The molecule has 2 aromatic rings. The van der Waals surface area contributed by atoms with E-state index in [0.717, 1.165) is 0 Å². The van der Waals surface area contributed by atoms with Gasteiger partial charge in [0, 0.05) is 5.56 Å². The van der Waals surface area contributed by atoms with Gasteiger partial charge in [0.05, 0.1) is 5.56 Å². The van der Waals surface area contributed by atoms with E-state index in [-0.39, 0.29) is 11.1 Å². The van der Waals surface area contributed by atoms with Crippen LogP contribution >= 0.6 is 0 Å². The van der Waals surface area contributed by atoms with E-state index >= 15 is 0 Å². The van der Waals surface area contributed by atoms with Gasteiger partial charge in [0.2, 0.25) is 5.78 Å². The van der Waals surface area contributed by atoms with Crippen molar-refractivity contribution in [2.24, 2.45) is 0 Å². The topological polar surface area (TPSA) is 74.6 Å². The van der Waals surface area contributed by atoms with Gasteiger partial charge in [-0.05, 0) is 17.7 Å². The molecule has 0 saturated heterocycles. The number of aliphatic hydroxyl groups excluding tert-OH is 1. The highest BCUT2D eigenvalue weighted by Crippen LogP contribution is 2.15. The molecular formula is C16H12O4. The summed E-state index contributed by atoms with van der Waals surface area (Å²) >= 11 is 0. The van der Waals surface area contributed by atoms with E-state index in [1.165, 1.54) is 24.3 Å². The number of hydrogen-bond donors (Lipinski definition) is 2. The maximum atomic E-state index is 12.1. The van der Waals surface area contributed by atoms with Gasteiger partial charge in [0.1, 0.15) is 0 Å². The predicted molar refractivity (Wildman–Crippen MR) is 74.8 cm³/mol. The second kappa shape index (κ2) is 5.84. The molecule has 0 radical (unpaired) electrons. The van der Waals surface area contributed by atoms with Gasteiger partial charge in [-0.15, -0.1) is 0 Å². The summed E-state index contributed by atoms with van der Waals surface area (Å²) in [5.74, 6) is -2.42. The molecule has 4 nitrogen and oxygen atoms in total. The van der Waals surface area contributed by atoms with Crippen LogP contribution in [0.4, 0.5) is 0 Å². The van der Waals surface area contributed by atoms with Crippen molar-refractivity contribution in [1.29, 1.82) is 0 Å². The number of rotatable bonds is 4. The molecule has 0 aliphatic heterocycles. The first-order chi connectivity index (χ1) is 9.59. The Balaban J connectivity index is 2.37. The van der Waals surface area contributed by atoms with Crippen LogP contribution in [0.15, 0.2) is 60.4 Å². The molecule has 0 aliphatic carbocycles. The van der Waals surface area contributed by atoms with Crippen LogP contribution in [-0.4, -0.2) is 22.0 Å². The number of allylic oxidation sites excluding steroid dienone is 1. The van der Waals surface area contributed by atoms with Crippen molar-refractivity contribution in [2.75, 3.05) is 0 Å². The first kappa shape index (κ1) is 13.5. The lowest BCUT2D eigenvalue weighted by Crippen LogP contribution is -2.10. The highest BCUT2D eigenvalue weighted by molar-refractivity contribution is 6.14. The number of carboxylic acids is 1. The Morgan fingerprint density at radius 1 is 0.800 bits per heavy atom. The summed E-state index contributed by atoms with van der Waals surface area (Å²) in [6.45, 7) is 0. The number of carbonyl (C=O) groups excluding carboxylic acids is 1. The first-order valence-electron chi connectivity index (χ1n) is 5.92. The Kier molecular flexibility index (Phi) is 3.96. The lowest BCUT2D eigenvalue weighted by molar-refractivity contribution is 0.0692. The van der Waals surface area contributed by atoms with Crippen molar-refractivity contribution in [2.45, 2.75) is 0 Å². The van der Waals surface area contributed by atoms with Crippen LogP contribution in [0.3, 0.4) is 0 Å². The Hall–Kier alpha value is -2.88. The van der Waals surface area contributed by atoms with Crippen LogP contribution in [0.2, 0.25) is 0 Å². The Morgan fingerprint density at radius 2 is 1.35 bits per heavy atom. The second-order valence-corrected chi connectivity index (χ2v) is 4.12. The number of aromatic carboxylic acids is 1. The molecule has 0 saturated carbocycles. The Morgan fingerprint density at radius 3 is 1.95 bits per heavy atom. The van der Waals surface area contributed by atoms with Crippen molar-refractivity contribution in [1.82, 2.24) is 0 Å². The average molecular weight is 268 g/mol. The van der Waals surface area contributed by atoms with Gasteiger partial charge < -0.3 is 10.2 Å². The van der Waals surface area contributed by atoms with Gasteiger partial charge in [0.25, 0.3) is 0 Å². The normalized spacial score (nSPS) is 11.1. The number of ketones is 1. The zero-order chi connectivity index (χ0) is 14.5. The van der Waals surface area contributed by atoms with Crippen LogP contribution in [0.5, 0.6) is 0 Å². The summed E-state index contributed by atoms with van der Waals surface area (Å²) in [4.78, 5) is 23.1. The molecule has 2 N–H and O–H groups in total. The van der Waals surface area contributed by atoms with Gasteiger partial charge in [0.15, 0.2) is 5.76 Å². The third-order valence-corrected chi connectivity index (χ3v) is 2.74. The van der Waals surface area contributed by atoms with Crippen molar-refractivity contribution < 1.29 is 19.8 Å². The highest BCUT2D eigenvalue weighted by Gasteiger charge is 2.18. The van der Waals surface area contributed by atoms with Crippen LogP contribution in [-0.2, 0) is 0 Å². The summed E-state index contributed by atoms with van der Waals surface area (Å²) in [5.41, 5.74) is 0.487. The van der Waals surface area contributed by atoms with Gasteiger partial charge >= 0.3 is 5.97 Å². The minimum absolute atomic E-state index is 0.0373. The van der Waals surface area contributed by atoms with Crippen LogP contribution in [0, 0.1) is 0 Å². The largest absolute Gasteiger partial charge is 0.504 e. The molecule has 0 aliphatic rings. The number of carbonyl (C=O) groups is 2. The number of benzene rings is 2. The summed E-state index contributed by atoms with van der Waals surface area (Å²) in [6.07, 6.45) is 1.31. The second-order valence-electron chi connectivity index (χ2n) is 4.12. The minimum atomic E-state index is -1.21. The molecule has 0 amide bonds. The molecule has 0 heterocycles. The average Bonchev–Trinajstić information content (AvgIpc) is 2.47. The number of Topliss-reactive ketones (excluding diaryl/α,β-unsaturated/α-hetero) is 1. The quantitative estimate of drug-likeness (QED) is 0.507. The van der Waals surface area contributed by atoms with Gasteiger partial charge in [-0.2, -0.15) is 0 Å². The van der Waals surface area contributed by atoms with Crippen molar-refractivity contribution in [3.05, 3.63) is 77.0 Å². The van der Waals surface area contributed by atoms with E-state index in [4.69, 9.17) is 5.11 Å². The van der Waals surface area contributed by atoms with Gasteiger partial charge in [-0.25, -0.2) is 4.79 Å². The fraction of sp³-hybridized carbons (Fsp3) is 0. The monoisotopic (exact) mass is 268 g/mol. The fourth-order valence-electron chi connectivity index (χ4n) is 1.78. The van der Waals surface area contributed by atoms with E-state index in [2.05, 4.69) is 0 Å². The van der Waals surface area contributed by atoms with E-state index in [1.54, 1.807) is 30.3 Å². The molecule has 0 fully saturated rings. The molecule has 2 rings (SSSR count). The lowest BCUT2D eigenvalue weighted by atomic mass is 10.0. The molecule has 0 spiro atoms. The maximum absolute atomic E-state index is 12.1. The zero-order valence-corrected chi connectivity index (χ0v) is 10.5. The van der Waals surface area contributed by atoms with Crippen molar-refractivity contribution in [3.63, 3.8) is 0 Å². The van der Waals surface area contributed by atoms with Crippen LogP contribution in [0.1, 0.15) is 26.3 Å². The predicted octanol–water partition coefficient (Wildman–Crippen LogP) is 3.17. The number of aliphatic hydroxyl groups is 1. The third kappa shape index (κ3) is 2.92. The van der Waals surface area contributed by atoms with Crippen LogP contribution < -0.4 is 0 Å². The van der Waals surface area contributed by atoms with Crippen molar-refractivity contribution in [3.8, 4) is 0 Å². The third-order valence-electron chi connectivity index (χ3n) is 2.74. The molecule has 0 atom stereocenters. The van der Waals surface area contributed by atoms with Crippen molar-refractivity contribution >= 4 is 17.8 Å². The van der Waals surface area contributed by atoms with E-state index in [9.17, 15) is 14.7 Å². The summed E-state index contributed by atoms with van der Waals surface area (Å²) in [6, 6.07) is 14.6. The maximum Gasteiger partial charge on any atom is 0.336 e. The number of carboxylic acid groups (broad SMARTS) is 1. The minimum Gasteiger partial charge on any atom is -0.504 e. The zero-order valence-electron chi connectivity index (χ0n) is 10.5. The highest BCUT2D eigenvalue weighted by atomic mass is 16.4. The van der Waals surface area contributed by atoms with E-state index < -0.39 is 17.5 Å². The summed E-state index contributed by atoms with van der Waals surface area (Å²) in [5, 5.41) is 18.9. The first-order valence-corrected chi connectivity index (χ1v) is 5.92. The molecule has 0 aromatic heterocycles. The van der Waals surface area contributed by atoms with E-state index in [1.807, 2.05) is 6.07 Å². The Bertz CT molecular complexity index is 672. The fourth-order valence-corrected chi connectivity index (χ4v) is 1.78. The molecule has 0 unspecified atom stereocenters. The molecule has 0 bridgehead atoms. The molecule has 20 heavy (non-hydrogen) atoms. The molecular weight excluding hydrogens is 256 g/mol. The SMILES string of the molecule is O=C(O)c1ccccc1C(=O)/C(O)=C\c1ccccc1. The summed E-state index contributed by atoms with van der Waals surface area (Å²) < 4.78 is 0.